The Labute approximate surface area is 164 Å². The van der Waals surface area contributed by atoms with Gasteiger partial charge in [-0.15, -0.1) is 11.3 Å². The number of aromatic amines is 1. The van der Waals surface area contributed by atoms with E-state index in [-0.39, 0.29) is 12.2 Å². The van der Waals surface area contributed by atoms with Gasteiger partial charge in [-0.1, -0.05) is 36.4 Å². The predicted octanol–water partition coefficient (Wildman–Crippen LogP) is 3.02. The molecule has 0 bridgehead atoms. The van der Waals surface area contributed by atoms with Crippen LogP contribution in [0.1, 0.15) is 11.4 Å². The number of aliphatic hydroxyl groups excluding tert-OH is 1. The summed E-state index contributed by atoms with van der Waals surface area (Å²) in [6.07, 6.45) is 5.23. The molecule has 0 spiro atoms. The van der Waals surface area contributed by atoms with Crippen molar-refractivity contribution < 1.29 is 5.11 Å². The van der Waals surface area contributed by atoms with E-state index in [1.165, 1.54) is 11.3 Å². The molecule has 0 aliphatic carbocycles. The Bertz CT molecular complexity index is 1180. The average Bonchev–Trinajstić information content (AvgIpc) is 3.20. The summed E-state index contributed by atoms with van der Waals surface area (Å²) in [5.41, 5.74) is 2.46. The Morgan fingerprint density at radius 3 is 2.82 bits per heavy atom. The van der Waals surface area contributed by atoms with Crippen LogP contribution in [0.5, 0.6) is 0 Å². The van der Waals surface area contributed by atoms with Gasteiger partial charge in [0.2, 0.25) is 0 Å². The highest BCUT2D eigenvalue weighted by molar-refractivity contribution is 7.14. The minimum atomic E-state index is -0.227. The molecule has 3 aromatic heterocycles. The molecule has 0 unspecified atom stereocenters. The van der Waals surface area contributed by atoms with Gasteiger partial charge in [0.05, 0.1) is 12.0 Å². The van der Waals surface area contributed by atoms with Gasteiger partial charge < -0.3 is 15.4 Å². The molecule has 0 fully saturated rings. The predicted molar refractivity (Wildman–Crippen MR) is 112 cm³/mol. The lowest BCUT2D eigenvalue weighted by Crippen LogP contribution is -2.10. The first-order chi connectivity index (χ1) is 13.7. The van der Waals surface area contributed by atoms with Gasteiger partial charge in [-0.05, 0) is 17.7 Å². The van der Waals surface area contributed by atoms with E-state index in [1.807, 2.05) is 41.8 Å². The summed E-state index contributed by atoms with van der Waals surface area (Å²) in [6, 6.07) is 11.4. The molecule has 0 atom stereocenters. The van der Waals surface area contributed by atoms with E-state index in [2.05, 4.69) is 25.3 Å². The second-order valence-corrected chi connectivity index (χ2v) is 6.80. The second-order valence-electron chi connectivity index (χ2n) is 5.94. The van der Waals surface area contributed by atoms with Gasteiger partial charge in [-0.2, -0.15) is 0 Å². The van der Waals surface area contributed by atoms with E-state index in [0.717, 1.165) is 5.56 Å². The molecule has 3 heterocycles. The first-order valence-electron chi connectivity index (χ1n) is 8.67. The van der Waals surface area contributed by atoms with Crippen molar-refractivity contribution in [1.29, 1.82) is 0 Å². The molecule has 4 rings (SSSR count). The molecule has 140 valence electrons. The van der Waals surface area contributed by atoms with Crippen LogP contribution in [-0.2, 0) is 0 Å². The minimum Gasteiger partial charge on any atom is -0.395 e. The molecule has 7 nitrogen and oxygen atoms in total. The Kier molecular flexibility index (Phi) is 5.22. The summed E-state index contributed by atoms with van der Waals surface area (Å²) < 4.78 is 0. The van der Waals surface area contributed by atoms with Crippen molar-refractivity contribution in [3.8, 4) is 11.4 Å². The molecular weight excluding hydrogens is 374 g/mol. The zero-order valence-electron chi connectivity index (χ0n) is 14.8. The van der Waals surface area contributed by atoms with Crippen molar-refractivity contribution in [2.45, 2.75) is 0 Å². The number of benzene rings is 1. The fourth-order valence-corrected chi connectivity index (χ4v) is 3.44. The van der Waals surface area contributed by atoms with Crippen LogP contribution in [0.25, 0.3) is 34.4 Å². The van der Waals surface area contributed by atoms with E-state index in [9.17, 15) is 4.79 Å². The molecule has 0 aliphatic rings. The fourth-order valence-electron chi connectivity index (χ4n) is 2.71. The highest BCUT2D eigenvalue weighted by Gasteiger charge is 2.13. The van der Waals surface area contributed by atoms with E-state index in [4.69, 9.17) is 5.11 Å². The number of nitrogens with one attached hydrogen (secondary N) is 2. The Morgan fingerprint density at radius 2 is 2.00 bits per heavy atom. The maximum absolute atomic E-state index is 12.5. The van der Waals surface area contributed by atoms with Crippen molar-refractivity contribution in [1.82, 2.24) is 19.9 Å². The van der Waals surface area contributed by atoms with E-state index >= 15 is 0 Å². The zero-order chi connectivity index (χ0) is 19.3. The first kappa shape index (κ1) is 18.0. The number of aliphatic hydroxyl groups is 1. The van der Waals surface area contributed by atoms with Gasteiger partial charge in [-0.3, -0.25) is 9.78 Å². The smallest absolute Gasteiger partial charge is 0.259 e. The van der Waals surface area contributed by atoms with Gasteiger partial charge in [0.25, 0.3) is 5.56 Å². The van der Waals surface area contributed by atoms with E-state index in [0.29, 0.717) is 39.8 Å². The number of fused-ring (bicyclic) bond motifs is 1. The molecule has 0 radical (unpaired) electrons. The number of pyridine rings is 1. The molecule has 8 heteroatoms. The number of hydrogen-bond donors (Lipinski definition) is 3. The average molecular weight is 391 g/mol. The molecule has 1 aromatic carbocycles. The number of nitrogens with zero attached hydrogens (tertiary/aromatic N) is 3. The molecule has 3 N–H and O–H groups in total. The Hall–Kier alpha value is -3.36. The van der Waals surface area contributed by atoms with Gasteiger partial charge in [0.1, 0.15) is 22.7 Å². The molecule has 0 saturated carbocycles. The lowest BCUT2D eigenvalue weighted by atomic mass is 10.2. The quantitative estimate of drug-likeness (QED) is 0.467. The van der Waals surface area contributed by atoms with Gasteiger partial charge in [0.15, 0.2) is 5.13 Å². The fraction of sp³-hybridized carbons (Fsp3) is 0.100. The number of hydrogen-bond acceptors (Lipinski definition) is 7. The summed E-state index contributed by atoms with van der Waals surface area (Å²) in [6.45, 7) is 0.442. The highest BCUT2D eigenvalue weighted by atomic mass is 32.1. The summed E-state index contributed by atoms with van der Waals surface area (Å²) in [4.78, 5) is 28.8. The third kappa shape index (κ3) is 3.83. The van der Waals surface area contributed by atoms with Crippen molar-refractivity contribution >= 4 is 39.5 Å². The standard InChI is InChI=1S/C20H17N5O2S/c26-11-10-22-20-23-15(12-28-20)18-17-14(8-9-21-18)19(27)25-16(24-17)7-6-13-4-2-1-3-5-13/h1-9,12,26H,10-11H2,(H,22,23)(H,24,25,27). The number of rotatable bonds is 6. The normalized spacial score (nSPS) is 11.3. The van der Waals surface area contributed by atoms with Gasteiger partial charge in [-0.25, -0.2) is 9.97 Å². The van der Waals surface area contributed by atoms with Crippen molar-refractivity contribution in [3.63, 3.8) is 0 Å². The van der Waals surface area contributed by atoms with Crippen LogP contribution in [-0.4, -0.2) is 38.2 Å². The summed E-state index contributed by atoms with van der Waals surface area (Å²) >= 11 is 1.41. The lowest BCUT2D eigenvalue weighted by Gasteiger charge is -2.03. The summed E-state index contributed by atoms with van der Waals surface area (Å²) in [5, 5.41) is 14.9. The van der Waals surface area contributed by atoms with Gasteiger partial charge >= 0.3 is 0 Å². The van der Waals surface area contributed by atoms with Crippen molar-refractivity contribution in [2.75, 3.05) is 18.5 Å². The van der Waals surface area contributed by atoms with Crippen LogP contribution in [0.15, 0.2) is 52.8 Å². The molecule has 4 aromatic rings. The highest BCUT2D eigenvalue weighted by Crippen LogP contribution is 2.27. The number of H-pyrrole nitrogens is 1. The van der Waals surface area contributed by atoms with Crippen LogP contribution < -0.4 is 10.9 Å². The van der Waals surface area contributed by atoms with Crippen LogP contribution >= 0.6 is 11.3 Å². The minimum absolute atomic E-state index is 0.0233. The summed E-state index contributed by atoms with van der Waals surface area (Å²) in [5.74, 6) is 0.449. The van der Waals surface area contributed by atoms with Crippen LogP contribution in [0.3, 0.4) is 0 Å². The molecule has 0 saturated heterocycles. The third-order valence-electron chi connectivity index (χ3n) is 4.01. The zero-order valence-corrected chi connectivity index (χ0v) is 15.6. The topological polar surface area (TPSA) is 104 Å². The van der Waals surface area contributed by atoms with Crippen LogP contribution in [0, 0.1) is 0 Å². The second kappa shape index (κ2) is 8.12. The van der Waals surface area contributed by atoms with Crippen molar-refractivity contribution in [3.05, 3.63) is 69.7 Å². The van der Waals surface area contributed by atoms with Crippen LogP contribution in [0.2, 0.25) is 0 Å². The summed E-state index contributed by atoms with van der Waals surface area (Å²) in [7, 11) is 0. The molecule has 0 aliphatic heterocycles. The number of thiazole rings is 1. The van der Waals surface area contributed by atoms with Crippen LogP contribution in [0.4, 0.5) is 5.13 Å². The molecule has 0 amide bonds. The van der Waals surface area contributed by atoms with E-state index in [1.54, 1.807) is 18.3 Å². The lowest BCUT2D eigenvalue weighted by molar-refractivity contribution is 0.311. The number of anilines is 1. The first-order valence-corrected chi connectivity index (χ1v) is 9.55. The van der Waals surface area contributed by atoms with Crippen molar-refractivity contribution in [2.24, 2.45) is 0 Å². The maximum atomic E-state index is 12.5. The molecule has 28 heavy (non-hydrogen) atoms. The monoisotopic (exact) mass is 391 g/mol. The van der Waals surface area contributed by atoms with Gasteiger partial charge in [0, 0.05) is 18.1 Å². The van der Waals surface area contributed by atoms with E-state index < -0.39 is 0 Å². The Morgan fingerprint density at radius 1 is 1.14 bits per heavy atom. The largest absolute Gasteiger partial charge is 0.395 e. The number of aromatic nitrogens is 4. The molecular formula is C20H17N5O2S. The SMILES string of the molecule is O=c1[nH]c(C=Cc2ccccc2)nc2c(-c3csc(NCCO)n3)nccc12. The Balaban J connectivity index is 1.76. The maximum Gasteiger partial charge on any atom is 0.259 e. The third-order valence-corrected chi connectivity index (χ3v) is 4.81.